The average Bonchev–Trinajstić information content (AvgIpc) is 3.15. The Morgan fingerprint density at radius 2 is 1.96 bits per heavy atom. The first-order valence-electron chi connectivity index (χ1n) is 9.35. The van der Waals surface area contributed by atoms with Gasteiger partial charge in [-0.3, -0.25) is 9.69 Å². The first kappa shape index (κ1) is 17.7. The molecule has 0 bridgehead atoms. The molecule has 0 spiro atoms. The number of aryl methyl sites for hydroxylation is 1. The lowest BCUT2D eigenvalue weighted by Gasteiger charge is -2.20. The van der Waals surface area contributed by atoms with Gasteiger partial charge in [-0.25, -0.2) is 5.43 Å². The maximum Gasteiger partial charge on any atom is 0.277 e. The maximum atomic E-state index is 12.2. The largest absolute Gasteiger partial charge is 0.476 e. The Hall–Kier alpha value is -2.08. The fraction of sp³-hybridized carbons (Fsp3) is 0.579. The zero-order valence-electron chi connectivity index (χ0n) is 15.4. The van der Waals surface area contributed by atoms with Gasteiger partial charge in [-0.2, -0.15) is 0 Å². The minimum Gasteiger partial charge on any atom is -0.476 e. The summed E-state index contributed by atoms with van der Waals surface area (Å²) in [5.41, 5.74) is 8.12. The van der Waals surface area contributed by atoms with Crippen LogP contribution in [0.5, 0.6) is 0 Å². The number of carbonyl (C=O) groups excluding carboxylic acids is 1. The third-order valence-electron chi connectivity index (χ3n) is 5.02. The second-order valence-electron chi connectivity index (χ2n) is 6.49. The van der Waals surface area contributed by atoms with E-state index in [1.165, 1.54) is 29.7 Å². The molecule has 0 aromatic carbocycles. The van der Waals surface area contributed by atoms with Gasteiger partial charge < -0.3 is 9.72 Å². The van der Waals surface area contributed by atoms with Gasteiger partial charge in [0.1, 0.15) is 5.57 Å². The number of hydrogen-bond acceptors (Lipinski definition) is 4. The second-order valence-corrected chi connectivity index (χ2v) is 6.49. The Labute approximate surface area is 149 Å². The van der Waals surface area contributed by atoms with E-state index in [2.05, 4.69) is 34.3 Å². The van der Waals surface area contributed by atoms with Crippen LogP contribution in [0.15, 0.2) is 10.7 Å². The predicted molar refractivity (Wildman–Crippen MR) is 99.2 cm³/mol. The molecule has 1 aliphatic heterocycles. The first-order chi connectivity index (χ1) is 12.2. The van der Waals surface area contributed by atoms with Crippen LogP contribution >= 0.6 is 0 Å². The first-order valence-corrected chi connectivity index (χ1v) is 9.35. The fourth-order valence-corrected chi connectivity index (χ4v) is 3.59. The van der Waals surface area contributed by atoms with Gasteiger partial charge in [0, 0.05) is 17.9 Å². The number of aromatic nitrogens is 1. The molecular weight excluding hydrogens is 316 g/mol. The zero-order chi connectivity index (χ0) is 17.8. The third-order valence-corrected chi connectivity index (χ3v) is 5.02. The molecule has 0 fully saturated rings. The molecule has 6 heteroatoms. The second kappa shape index (κ2) is 7.87. The number of ether oxygens (including phenoxy) is 1. The summed E-state index contributed by atoms with van der Waals surface area (Å²) in [6.07, 6.45) is 6.57. The predicted octanol–water partition coefficient (Wildman–Crippen LogP) is 2.60. The maximum absolute atomic E-state index is 12.2. The molecule has 1 aliphatic carbocycles. The quantitative estimate of drug-likeness (QED) is 0.779. The summed E-state index contributed by atoms with van der Waals surface area (Å²) in [7, 11) is 0. The van der Waals surface area contributed by atoms with Crippen molar-refractivity contribution >= 4 is 17.9 Å². The van der Waals surface area contributed by atoms with Crippen LogP contribution in [0, 0.1) is 0 Å². The highest BCUT2D eigenvalue weighted by Crippen LogP contribution is 2.30. The van der Waals surface area contributed by atoms with Crippen molar-refractivity contribution in [2.75, 3.05) is 19.7 Å². The van der Waals surface area contributed by atoms with Gasteiger partial charge in [-0.15, -0.1) is 5.10 Å². The Kier molecular flexibility index (Phi) is 5.58. The van der Waals surface area contributed by atoms with Crippen LogP contribution < -0.4 is 5.43 Å². The fourth-order valence-electron chi connectivity index (χ4n) is 3.59. The van der Waals surface area contributed by atoms with E-state index in [4.69, 9.17) is 4.74 Å². The standard InChI is InChI=1S/C19H28N4O2/c1-4-23(5-2)12-15-13-9-7-8-10-16(13)20-17(15)11-14-18(24)21-22-19(14)25-6-3/h11,20H,4-10,12H2,1-3H3,(H,21,24)/b14-11-. The molecule has 0 radical (unpaired) electrons. The van der Waals surface area contributed by atoms with Crippen LogP contribution in [0.4, 0.5) is 0 Å². The van der Waals surface area contributed by atoms with E-state index in [0.717, 1.165) is 38.2 Å². The molecule has 136 valence electrons. The SMILES string of the molecule is CCOC1=NNC(=O)/C1=C/c1[nH]c2c(c1CN(CC)CC)CCCC2. The lowest BCUT2D eigenvalue weighted by atomic mass is 9.94. The van der Waals surface area contributed by atoms with Crippen molar-refractivity contribution in [3.63, 3.8) is 0 Å². The number of amides is 1. The number of fused-ring (bicyclic) bond motifs is 1. The van der Waals surface area contributed by atoms with Crippen molar-refractivity contribution in [2.45, 2.75) is 53.0 Å². The number of rotatable bonds is 6. The molecule has 1 aromatic rings. The van der Waals surface area contributed by atoms with Crippen LogP contribution in [0.2, 0.25) is 0 Å². The summed E-state index contributed by atoms with van der Waals surface area (Å²) < 4.78 is 5.50. The van der Waals surface area contributed by atoms with Gasteiger partial charge in [0.25, 0.3) is 5.91 Å². The molecule has 2 aliphatic rings. The third kappa shape index (κ3) is 3.63. The minimum atomic E-state index is -0.204. The minimum absolute atomic E-state index is 0.204. The van der Waals surface area contributed by atoms with Gasteiger partial charge in [0.15, 0.2) is 0 Å². The molecule has 1 aromatic heterocycles. The van der Waals surface area contributed by atoms with Crippen LogP contribution in [0.25, 0.3) is 6.08 Å². The smallest absolute Gasteiger partial charge is 0.277 e. The van der Waals surface area contributed by atoms with Crippen molar-refractivity contribution in [3.8, 4) is 0 Å². The van der Waals surface area contributed by atoms with Gasteiger partial charge in [0.2, 0.25) is 5.90 Å². The molecule has 0 unspecified atom stereocenters. The summed E-state index contributed by atoms with van der Waals surface area (Å²) in [4.78, 5) is 18.1. The summed E-state index contributed by atoms with van der Waals surface area (Å²) in [5.74, 6) is 0.179. The molecule has 0 saturated heterocycles. The number of nitrogens with one attached hydrogen (secondary N) is 2. The van der Waals surface area contributed by atoms with Gasteiger partial charge in [0.05, 0.1) is 6.61 Å². The number of hydrogen-bond donors (Lipinski definition) is 2. The topological polar surface area (TPSA) is 69.7 Å². The number of H-pyrrole nitrogens is 1. The number of aromatic amines is 1. The van der Waals surface area contributed by atoms with E-state index in [0.29, 0.717) is 18.1 Å². The zero-order valence-corrected chi connectivity index (χ0v) is 15.4. The molecular formula is C19H28N4O2. The van der Waals surface area contributed by atoms with Crippen LogP contribution in [0.3, 0.4) is 0 Å². The monoisotopic (exact) mass is 344 g/mol. The number of nitrogens with zero attached hydrogens (tertiary/aromatic N) is 2. The van der Waals surface area contributed by atoms with Crippen molar-refractivity contribution in [2.24, 2.45) is 5.10 Å². The molecule has 0 atom stereocenters. The summed E-state index contributed by atoms with van der Waals surface area (Å²) in [6, 6.07) is 0. The van der Waals surface area contributed by atoms with E-state index >= 15 is 0 Å². The molecule has 0 saturated carbocycles. The Bertz CT molecular complexity index is 699. The molecule has 1 amide bonds. The highest BCUT2D eigenvalue weighted by molar-refractivity contribution is 6.24. The van der Waals surface area contributed by atoms with Crippen molar-refractivity contribution in [1.29, 1.82) is 0 Å². The summed E-state index contributed by atoms with van der Waals surface area (Å²) in [5, 5.41) is 3.99. The van der Waals surface area contributed by atoms with E-state index in [1.807, 2.05) is 13.0 Å². The Morgan fingerprint density at radius 3 is 2.68 bits per heavy atom. The van der Waals surface area contributed by atoms with Crippen LogP contribution in [-0.4, -0.2) is 41.4 Å². The van der Waals surface area contributed by atoms with Crippen molar-refractivity contribution in [3.05, 3.63) is 28.1 Å². The van der Waals surface area contributed by atoms with Crippen molar-refractivity contribution in [1.82, 2.24) is 15.3 Å². The van der Waals surface area contributed by atoms with E-state index in [1.54, 1.807) is 0 Å². The normalized spacial score (nSPS) is 18.5. The highest BCUT2D eigenvalue weighted by Gasteiger charge is 2.26. The molecule has 2 heterocycles. The van der Waals surface area contributed by atoms with Crippen LogP contribution in [0.1, 0.15) is 56.1 Å². The van der Waals surface area contributed by atoms with Gasteiger partial charge >= 0.3 is 0 Å². The number of hydrazone groups is 1. The lowest BCUT2D eigenvalue weighted by molar-refractivity contribution is -0.116. The Morgan fingerprint density at radius 1 is 1.20 bits per heavy atom. The molecule has 25 heavy (non-hydrogen) atoms. The molecule has 2 N–H and O–H groups in total. The van der Waals surface area contributed by atoms with Crippen LogP contribution in [-0.2, 0) is 28.9 Å². The summed E-state index contributed by atoms with van der Waals surface area (Å²) in [6.45, 7) is 9.68. The van der Waals surface area contributed by atoms with E-state index in [9.17, 15) is 4.79 Å². The van der Waals surface area contributed by atoms with Gasteiger partial charge in [-0.05, 0) is 62.9 Å². The average molecular weight is 344 g/mol. The number of carbonyl (C=O) groups is 1. The summed E-state index contributed by atoms with van der Waals surface area (Å²) >= 11 is 0. The lowest BCUT2D eigenvalue weighted by Crippen LogP contribution is -2.23. The van der Waals surface area contributed by atoms with E-state index in [-0.39, 0.29) is 5.91 Å². The van der Waals surface area contributed by atoms with Crippen molar-refractivity contribution < 1.29 is 9.53 Å². The Balaban J connectivity index is 2.00. The molecule has 6 nitrogen and oxygen atoms in total. The van der Waals surface area contributed by atoms with E-state index < -0.39 is 0 Å². The highest BCUT2D eigenvalue weighted by atomic mass is 16.5. The van der Waals surface area contributed by atoms with Gasteiger partial charge in [-0.1, -0.05) is 13.8 Å². The molecule has 3 rings (SSSR count).